The summed E-state index contributed by atoms with van der Waals surface area (Å²) in [6.45, 7) is 4.91. The van der Waals surface area contributed by atoms with Crippen molar-refractivity contribution in [1.82, 2.24) is 4.98 Å². The van der Waals surface area contributed by atoms with Gasteiger partial charge in [-0.1, -0.05) is 13.0 Å². The van der Waals surface area contributed by atoms with Crippen LogP contribution in [0.25, 0.3) is 0 Å². The van der Waals surface area contributed by atoms with Crippen molar-refractivity contribution in [2.24, 2.45) is 5.92 Å². The van der Waals surface area contributed by atoms with Gasteiger partial charge < -0.3 is 10.4 Å². The second-order valence-corrected chi connectivity index (χ2v) is 3.33. The standard InChI is InChI=1S/C10H16N2O/c1-8(7-13)6-11-10-5-3-4-9(2)12-10/h3-5,8,13H,6-7H2,1-2H3,(H,11,12). The lowest BCUT2D eigenvalue weighted by atomic mass is 10.2. The van der Waals surface area contributed by atoms with Gasteiger partial charge in [0.1, 0.15) is 5.82 Å². The van der Waals surface area contributed by atoms with E-state index in [1.54, 1.807) is 0 Å². The molecule has 0 fully saturated rings. The van der Waals surface area contributed by atoms with Gasteiger partial charge in [-0.05, 0) is 25.0 Å². The third-order valence-electron chi connectivity index (χ3n) is 1.83. The highest BCUT2D eigenvalue weighted by atomic mass is 16.3. The van der Waals surface area contributed by atoms with Gasteiger partial charge in [0.05, 0.1) is 0 Å². The summed E-state index contributed by atoms with van der Waals surface area (Å²) in [5.74, 6) is 1.14. The zero-order valence-corrected chi connectivity index (χ0v) is 8.12. The lowest BCUT2D eigenvalue weighted by Gasteiger charge is -2.09. The summed E-state index contributed by atoms with van der Waals surface area (Å²) in [7, 11) is 0. The molecule has 0 bridgehead atoms. The number of aliphatic hydroxyl groups excluding tert-OH is 1. The molecule has 0 amide bonds. The SMILES string of the molecule is Cc1cccc(NCC(C)CO)n1. The molecule has 1 unspecified atom stereocenters. The fraction of sp³-hybridized carbons (Fsp3) is 0.500. The molecule has 0 radical (unpaired) electrons. The maximum Gasteiger partial charge on any atom is 0.126 e. The third-order valence-corrected chi connectivity index (χ3v) is 1.83. The predicted octanol–water partition coefficient (Wildman–Crippen LogP) is 1.43. The Morgan fingerprint density at radius 1 is 1.54 bits per heavy atom. The van der Waals surface area contributed by atoms with Crippen LogP contribution in [-0.2, 0) is 0 Å². The van der Waals surface area contributed by atoms with Crippen LogP contribution in [0.5, 0.6) is 0 Å². The zero-order chi connectivity index (χ0) is 9.68. The summed E-state index contributed by atoms with van der Waals surface area (Å²) < 4.78 is 0. The smallest absolute Gasteiger partial charge is 0.126 e. The fourth-order valence-corrected chi connectivity index (χ4v) is 0.985. The second-order valence-electron chi connectivity index (χ2n) is 3.33. The molecule has 13 heavy (non-hydrogen) atoms. The van der Waals surface area contributed by atoms with Gasteiger partial charge >= 0.3 is 0 Å². The summed E-state index contributed by atoms with van der Waals surface area (Å²) >= 11 is 0. The van der Waals surface area contributed by atoms with Crippen molar-refractivity contribution in [2.45, 2.75) is 13.8 Å². The maximum absolute atomic E-state index is 8.81. The zero-order valence-electron chi connectivity index (χ0n) is 8.12. The second kappa shape index (κ2) is 4.82. The number of nitrogens with one attached hydrogen (secondary N) is 1. The Balaban J connectivity index is 2.45. The van der Waals surface area contributed by atoms with E-state index in [0.29, 0.717) is 0 Å². The van der Waals surface area contributed by atoms with Gasteiger partial charge in [-0.25, -0.2) is 4.98 Å². The van der Waals surface area contributed by atoms with Crippen molar-refractivity contribution in [3.05, 3.63) is 23.9 Å². The first-order valence-electron chi connectivity index (χ1n) is 4.50. The van der Waals surface area contributed by atoms with E-state index in [0.717, 1.165) is 18.1 Å². The molecule has 3 heteroatoms. The van der Waals surface area contributed by atoms with E-state index >= 15 is 0 Å². The molecule has 1 aromatic heterocycles. The molecule has 1 heterocycles. The first-order chi connectivity index (χ1) is 6.22. The highest BCUT2D eigenvalue weighted by molar-refractivity contribution is 5.34. The number of aromatic nitrogens is 1. The maximum atomic E-state index is 8.81. The first-order valence-corrected chi connectivity index (χ1v) is 4.50. The number of hydrogen-bond donors (Lipinski definition) is 2. The fourth-order valence-electron chi connectivity index (χ4n) is 0.985. The largest absolute Gasteiger partial charge is 0.396 e. The molecule has 0 spiro atoms. The molecule has 0 aliphatic rings. The highest BCUT2D eigenvalue weighted by Gasteiger charge is 1.99. The molecule has 1 rings (SSSR count). The summed E-state index contributed by atoms with van der Waals surface area (Å²) in [4.78, 5) is 4.29. The van der Waals surface area contributed by atoms with E-state index in [1.165, 1.54) is 0 Å². The summed E-state index contributed by atoms with van der Waals surface area (Å²) in [6.07, 6.45) is 0. The van der Waals surface area contributed by atoms with Gasteiger partial charge in [0.25, 0.3) is 0 Å². The van der Waals surface area contributed by atoms with E-state index in [4.69, 9.17) is 5.11 Å². The predicted molar refractivity (Wildman–Crippen MR) is 53.7 cm³/mol. The van der Waals surface area contributed by atoms with Gasteiger partial charge in [-0.3, -0.25) is 0 Å². The lowest BCUT2D eigenvalue weighted by molar-refractivity contribution is 0.244. The Bertz CT molecular complexity index is 263. The number of aryl methyl sites for hydroxylation is 1. The Hall–Kier alpha value is -1.09. The van der Waals surface area contributed by atoms with Crippen molar-refractivity contribution >= 4 is 5.82 Å². The molecular weight excluding hydrogens is 164 g/mol. The van der Waals surface area contributed by atoms with Crippen LogP contribution in [0.4, 0.5) is 5.82 Å². The van der Waals surface area contributed by atoms with Crippen LogP contribution >= 0.6 is 0 Å². The molecule has 0 saturated carbocycles. The Labute approximate surface area is 78.8 Å². The number of aliphatic hydroxyl groups is 1. The van der Waals surface area contributed by atoms with Gasteiger partial charge in [0.2, 0.25) is 0 Å². The van der Waals surface area contributed by atoms with E-state index in [-0.39, 0.29) is 12.5 Å². The molecule has 0 aliphatic heterocycles. The minimum absolute atomic E-state index is 0.207. The molecule has 0 saturated heterocycles. The van der Waals surface area contributed by atoms with Crippen LogP contribution in [-0.4, -0.2) is 23.2 Å². The van der Waals surface area contributed by atoms with Crippen LogP contribution in [0, 0.1) is 12.8 Å². The van der Waals surface area contributed by atoms with Crippen molar-refractivity contribution in [1.29, 1.82) is 0 Å². The van der Waals surface area contributed by atoms with Crippen LogP contribution in [0.1, 0.15) is 12.6 Å². The summed E-state index contributed by atoms with van der Waals surface area (Å²) in [6, 6.07) is 5.85. The number of anilines is 1. The number of rotatable bonds is 4. The van der Waals surface area contributed by atoms with Crippen LogP contribution in [0.3, 0.4) is 0 Å². The first kappa shape index (κ1) is 9.99. The Morgan fingerprint density at radius 3 is 2.92 bits per heavy atom. The minimum Gasteiger partial charge on any atom is -0.396 e. The molecule has 1 atom stereocenters. The minimum atomic E-state index is 0.207. The summed E-state index contributed by atoms with van der Waals surface area (Å²) in [5, 5.41) is 12.0. The van der Waals surface area contributed by atoms with Crippen LogP contribution < -0.4 is 5.32 Å². The third kappa shape index (κ3) is 3.42. The average Bonchev–Trinajstić information content (AvgIpc) is 2.14. The topological polar surface area (TPSA) is 45.1 Å². The normalized spacial score (nSPS) is 12.5. The van der Waals surface area contributed by atoms with Gasteiger partial charge in [0.15, 0.2) is 0 Å². The van der Waals surface area contributed by atoms with Gasteiger partial charge in [-0.2, -0.15) is 0 Å². The Morgan fingerprint density at radius 2 is 2.31 bits per heavy atom. The number of pyridine rings is 1. The highest BCUT2D eigenvalue weighted by Crippen LogP contribution is 2.04. The van der Waals surface area contributed by atoms with Crippen molar-refractivity contribution in [2.75, 3.05) is 18.5 Å². The van der Waals surface area contributed by atoms with E-state index in [2.05, 4.69) is 10.3 Å². The molecule has 3 nitrogen and oxygen atoms in total. The monoisotopic (exact) mass is 180 g/mol. The van der Waals surface area contributed by atoms with Crippen LogP contribution in [0.2, 0.25) is 0 Å². The number of hydrogen-bond acceptors (Lipinski definition) is 3. The van der Waals surface area contributed by atoms with Crippen molar-refractivity contribution in [3.8, 4) is 0 Å². The molecular formula is C10H16N2O. The molecule has 72 valence electrons. The van der Waals surface area contributed by atoms with E-state index in [1.807, 2.05) is 32.0 Å². The van der Waals surface area contributed by atoms with Crippen LogP contribution in [0.15, 0.2) is 18.2 Å². The molecule has 2 N–H and O–H groups in total. The van der Waals surface area contributed by atoms with E-state index < -0.39 is 0 Å². The number of nitrogens with zero attached hydrogens (tertiary/aromatic N) is 1. The quantitative estimate of drug-likeness (QED) is 0.736. The molecule has 0 aliphatic carbocycles. The Kier molecular flexibility index (Phi) is 3.71. The van der Waals surface area contributed by atoms with Gasteiger partial charge in [0, 0.05) is 18.8 Å². The van der Waals surface area contributed by atoms with Crippen molar-refractivity contribution in [3.63, 3.8) is 0 Å². The average molecular weight is 180 g/mol. The molecule has 1 aromatic rings. The van der Waals surface area contributed by atoms with E-state index in [9.17, 15) is 0 Å². The van der Waals surface area contributed by atoms with Crippen molar-refractivity contribution < 1.29 is 5.11 Å². The van der Waals surface area contributed by atoms with Gasteiger partial charge in [-0.15, -0.1) is 0 Å². The molecule has 0 aromatic carbocycles. The lowest BCUT2D eigenvalue weighted by Crippen LogP contribution is -2.15. The summed E-state index contributed by atoms with van der Waals surface area (Å²) in [5.41, 5.74) is 1.00.